The smallest absolute Gasteiger partial charge is 0.186 e. The van der Waals surface area contributed by atoms with Gasteiger partial charge in [0, 0.05) is 49.4 Å². The van der Waals surface area contributed by atoms with Crippen LogP contribution in [0.3, 0.4) is 0 Å². The van der Waals surface area contributed by atoms with Crippen molar-refractivity contribution in [3.05, 3.63) is 36.4 Å². The standard InChI is InChI=1S/C23H25FN6S/c1-28-12-14-6-13(7-18(24)22(14)27-28)19-10-21-20(11-25-19)26-23(31-21)30(3)17-8-15-4-5-16(9-17)29(15)2/h6-7,10-12,15-17H,4-5,8-9H2,1-3H3/t15-,16+,17-. The summed E-state index contributed by atoms with van der Waals surface area (Å²) >= 11 is 1.69. The molecule has 1 aromatic carbocycles. The van der Waals surface area contributed by atoms with Crippen LogP contribution in [0.5, 0.6) is 0 Å². The number of rotatable bonds is 3. The number of piperidine rings is 1. The van der Waals surface area contributed by atoms with Gasteiger partial charge in [0.25, 0.3) is 0 Å². The zero-order chi connectivity index (χ0) is 21.3. The van der Waals surface area contributed by atoms with Crippen LogP contribution in [0, 0.1) is 5.82 Å². The predicted molar refractivity (Wildman–Crippen MR) is 123 cm³/mol. The van der Waals surface area contributed by atoms with Gasteiger partial charge in [0.15, 0.2) is 10.9 Å². The van der Waals surface area contributed by atoms with Crippen molar-refractivity contribution >= 4 is 37.6 Å². The Labute approximate surface area is 184 Å². The van der Waals surface area contributed by atoms with Gasteiger partial charge in [-0.1, -0.05) is 11.3 Å². The third-order valence-electron chi connectivity index (χ3n) is 7.16. The molecule has 0 spiro atoms. The summed E-state index contributed by atoms with van der Waals surface area (Å²) in [7, 11) is 6.25. The van der Waals surface area contributed by atoms with Gasteiger partial charge in [-0.3, -0.25) is 9.67 Å². The van der Waals surface area contributed by atoms with Crippen LogP contribution < -0.4 is 4.90 Å². The highest BCUT2D eigenvalue weighted by Gasteiger charge is 2.40. The molecule has 2 saturated heterocycles. The summed E-state index contributed by atoms with van der Waals surface area (Å²) in [5.74, 6) is -0.323. The van der Waals surface area contributed by atoms with Gasteiger partial charge in [-0.2, -0.15) is 5.10 Å². The number of halogens is 1. The number of nitrogens with zero attached hydrogens (tertiary/aromatic N) is 6. The first kappa shape index (κ1) is 19.1. The summed E-state index contributed by atoms with van der Waals surface area (Å²) in [6.07, 6.45) is 8.67. The summed E-state index contributed by atoms with van der Waals surface area (Å²) < 4.78 is 17.3. The van der Waals surface area contributed by atoms with Crippen molar-refractivity contribution in [2.24, 2.45) is 7.05 Å². The topological polar surface area (TPSA) is 50.1 Å². The molecular formula is C23H25FN6S. The first-order valence-electron chi connectivity index (χ1n) is 10.8. The van der Waals surface area contributed by atoms with Crippen LogP contribution in [0.2, 0.25) is 0 Å². The summed E-state index contributed by atoms with van der Waals surface area (Å²) in [4.78, 5) is 14.4. The van der Waals surface area contributed by atoms with E-state index in [0.717, 1.165) is 32.0 Å². The molecule has 3 aromatic heterocycles. The normalized spacial score (nSPS) is 23.8. The molecule has 0 amide bonds. The van der Waals surface area contributed by atoms with Gasteiger partial charge in [0.2, 0.25) is 0 Å². The average Bonchev–Trinajstić information content (AvgIpc) is 3.39. The van der Waals surface area contributed by atoms with Gasteiger partial charge < -0.3 is 9.80 Å². The van der Waals surface area contributed by atoms with Crippen molar-refractivity contribution in [1.29, 1.82) is 0 Å². The molecule has 6 rings (SSSR count). The molecular weight excluding hydrogens is 411 g/mol. The zero-order valence-electron chi connectivity index (χ0n) is 17.9. The number of fused-ring (bicyclic) bond motifs is 4. The highest BCUT2D eigenvalue weighted by Crippen LogP contribution is 2.39. The van der Waals surface area contributed by atoms with Gasteiger partial charge in [0.05, 0.1) is 16.6 Å². The summed E-state index contributed by atoms with van der Waals surface area (Å²) in [5, 5.41) is 6.01. The summed E-state index contributed by atoms with van der Waals surface area (Å²) in [5.41, 5.74) is 2.80. The van der Waals surface area contributed by atoms with Crippen LogP contribution >= 0.6 is 11.3 Å². The number of aryl methyl sites for hydroxylation is 1. The van der Waals surface area contributed by atoms with E-state index in [0.29, 0.717) is 23.6 Å². The Morgan fingerprint density at radius 1 is 1.13 bits per heavy atom. The molecule has 0 unspecified atom stereocenters. The van der Waals surface area contributed by atoms with Crippen LogP contribution in [0.25, 0.3) is 32.4 Å². The van der Waals surface area contributed by atoms with E-state index >= 15 is 0 Å². The molecule has 31 heavy (non-hydrogen) atoms. The molecule has 4 aromatic rings. The van der Waals surface area contributed by atoms with E-state index in [-0.39, 0.29) is 5.82 Å². The molecule has 0 radical (unpaired) electrons. The fourth-order valence-electron chi connectivity index (χ4n) is 5.34. The lowest BCUT2D eigenvalue weighted by molar-refractivity contribution is 0.161. The first-order valence-corrected chi connectivity index (χ1v) is 11.6. The fraction of sp³-hybridized carbons (Fsp3) is 0.435. The predicted octanol–water partition coefficient (Wildman–Crippen LogP) is 4.45. The van der Waals surface area contributed by atoms with Crippen LogP contribution in [-0.2, 0) is 7.05 Å². The maximum atomic E-state index is 14.5. The van der Waals surface area contributed by atoms with Crippen molar-refractivity contribution in [3.8, 4) is 11.3 Å². The zero-order valence-corrected chi connectivity index (χ0v) is 18.7. The van der Waals surface area contributed by atoms with Crippen LogP contribution in [-0.4, -0.2) is 56.9 Å². The minimum Gasteiger partial charge on any atom is -0.348 e. The lowest BCUT2D eigenvalue weighted by Gasteiger charge is -2.40. The Bertz CT molecular complexity index is 1280. The van der Waals surface area contributed by atoms with Gasteiger partial charge in [-0.15, -0.1) is 0 Å². The maximum Gasteiger partial charge on any atom is 0.186 e. The third-order valence-corrected chi connectivity index (χ3v) is 8.27. The van der Waals surface area contributed by atoms with E-state index in [9.17, 15) is 4.39 Å². The first-order chi connectivity index (χ1) is 15.0. The number of hydrogen-bond acceptors (Lipinski definition) is 6. The third kappa shape index (κ3) is 3.11. The molecule has 0 saturated carbocycles. The number of hydrogen-bond donors (Lipinski definition) is 0. The summed E-state index contributed by atoms with van der Waals surface area (Å²) in [6.45, 7) is 0. The number of pyridine rings is 1. The van der Waals surface area contributed by atoms with Crippen molar-refractivity contribution in [3.63, 3.8) is 0 Å². The van der Waals surface area contributed by atoms with Gasteiger partial charge in [-0.05, 0) is 50.9 Å². The molecule has 2 aliphatic rings. The van der Waals surface area contributed by atoms with E-state index in [4.69, 9.17) is 4.98 Å². The molecule has 3 atom stereocenters. The van der Waals surface area contributed by atoms with Gasteiger partial charge >= 0.3 is 0 Å². The van der Waals surface area contributed by atoms with Crippen molar-refractivity contribution < 1.29 is 4.39 Å². The number of aromatic nitrogens is 4. The SMILES string of the molecule is CN(c1nc2cnc(-c3cc(F)c4nn(C)cc4c3)cc2s1)[C@@H]1C[C@H]2CC[C@@H](C1)N2C. The largest absolute Gasteiger partial charge is 0.348 e. The summed E-state index contributed by atoms with van der Waals surface area (Å²) in [6, 6.07) is 7.43. The van der Waals surface area contributed by atoms with Crippen molar-refractivity contribution in [1.82, 2.24) is 24.6 Å². The van der Waals surface area contributed by atoms with E-state index < -0.39 is 0 Å². The Balaban J connectivity index is 1.32. The van der Waals surface area contributed by atoms with E-state index in [2.05, 4.69) is 34.0 Å². The van der Waals surface area contributed by atoms with Gasteiger partial charge in [0.1, 0.15) is 11.0 Å². The lowest BCUT2D eigenvalue weighted by Crippen LogP contribution is -2.47. The minimum absolute atomic E-state index is 0.323. The molecule has 8 heteroatoms. The molecule has 2 fully saturated rings. The van der Waals surface area contributed by atoms with Crippen molar-refractivity contribution in [2.75, 3.05) is 19.0 Å². The molecule has 2 bridgehead atoms. The second-order valence-corrected chi connectivity index (χ2v) is 10.0. The molecule has 160 valence electrons. The van der Waals surface area contributed by atoms with E-state index in [1.165, 1.54) is 31.7 Å². The average molecular weight is 437 g/mol. The Hall–Kier alpha value is -2.58. The molecule has 2 aliphatic heterocycles. The number of anilines is 1. The van der Waals surface area contributed by atoms with E-state index in [1.807, 2.05) is 24.5 Å². The quantitative estimate of drug-likeness (QED) is 0.475. The fourth-order valence-corrected chi connectivity index (χ4v) is 6.35. The number of benzene rings is 1. The van der Waals surface area contributed by atoms with Crippen molar-refractivity contribution in [2.45, 2.75) is 43.8 Å². The number of thiazole rings is 1. The molecule has 0 aliphatic carbocycles. The molecule has 6 nitrogen and oxygen atoms in total. The Morgan fingerprint density at radius 3 is 2.68 bits per heavy atom. The van der Waals surface area contributed by atoms with E-state index in [1.54, 1.807) is 23.1 Å². The second kappa shape index (κ2) is 6.97. The van der Waals surface area contributed by atoms with Crippen LogP contribution in [0.4, 0.5) is 9.52 Å². The Kier molecular flexibility index (Phi) is 4.30. The van der Waals surface area contributed by atoms with Crippen LogP contribution in [0.1, 0.15) is 25.7 Å². The van der Waals surface area contributed by atoms with Gasteiger partial charge in [-0.25, -0.2) is 9.37 Å². The highest BCUT2D eigenvalue weighted by atomic mass is 32.1. The Morgan fingerprint density at radius 2 is 1.90 bits per heavy atom. The monoisotopic (exact) mass is 436 g/mol. The lowest BCUT2D eigenvalue weighted by atomic mass is 9.97. The molecule has 5 heterocycles. The highest BCUT2D eigenvalue weighted by molar-refractivity contribution is 7.22. The molecule has 0 N–H and O–H groups in total. The maximum absolute atomic E-state index is 14.5. The minimum atomic E-state index is -0.323. The van der Waals surface area contributed by atoms with Crippen LogP contribution in [0.15, 0.2) is 30.6 Å². The second-order valence-electron chi connectivity index (χ2n) is 9.02.